The van der Waals surface area contributed by atoms with Gasteiger partial charge in [-0.1, -0.05) is 0 Å². The van der Waals surface area contributed by atoms with Crippen LogP contribution in [0.5, 0.6) is 0 Å². The van der Waals surface area contributed by atoms with Crippen LogP contribution in [0.25, 0.3) is 0 Å². The molecule has 0 spiro atoms. The number of rotatable bonds is 4. The first-order chi connectivity index (χ1) is 9.19. The topological polar surface area (TPSA) is 84.9 Å². The normalized spacial score (nSPS) is 10.2. The molecule has 98 valence electrons. The molecule has 0 saturated heterocycles. The third-order valence-corrected chi connectivity index (χ3v) is 2.95. The van der Waals surface area contributed by atoms with Crippen molar-refractivity contribution in [2.75, 3.05) is 6.61 Å². The Hall–Kier alpha value is -2.15. The molecule has 7 heteroatoms. The highest BCUT2D eigenvalue weighted by Crippen LogP contribution is 2.21. The third kappa shape index (κ3) is 3.65. The lowest BCUT2D eigenvalue weighted by molar-refractivity contribution is 0.0525. The minimum atomic E-state index is -0.405. The summed E-state index contributed by atoms with van der Waals surface area (Å²) in [5, 5.41) is 1.08. The van der Waals surface area contributed by atoms with Crippen LogP contribution in [0.2, 0.25) is 0 Å². The molecule has 19 heavy (non-hydrogen) atoms. The van der Waals surface area contributed by atoms with E-state index in [2.05, 4.69) is 15.0 Å². The standard InChI is InChI=1S/C12H11N3O3S/c1-2-18-11(17)8-3-4-10(14-7-8)19-12-13-6-5-9(16)15-12/h3-7H,2H2,1H3,(H,13,15,16). The maximum atomic E-state index is 11.4. The first-order valence-corrected chi connectivity index (χ1v) is 6.37. The van der Waals surface area contributed by atoms with Gasteiger partial charge in [-0.05, 0) is 30.8 Å². The van der Waals surface area contributed by atoms with E-state index in [1.165, 1.54) is 30.2 Å². The summed E-state index contributed by atoms with van der Waals surface area (Å²) in [6.07, 6.45) is 2.86. The lowest BCUT2D eigenvalue weighted by Crippen LogP contribution is -2.06. The first kappa shape index (κ1) is 13.3. The number of nitrogens with zero attached hydrogens (tertiary/aromatic N) is 2. The summed E-state index contributed by atoms with van der Waals surface area (Å²) in [6, 6.07) is 4.62. The monoisotopic (exact) mass is 277 g/mol. The molecule has 0 fully saturated rings. The van der Waals surface area contributed by atoms with E-state index in [0.717, 1.165) is 0 Å². The summed E-state index contributed by atoms with van der Waals surface area (Å²) >= 11 is 1.21. The molecule has 0 aliphatic rings. The van der Waals surface area contributed by atoms with Crippen LogP contribution in [0.3, 0.4) is 0 Å². The number of nitrogens with one attached hydrogen (secondary N) is 1. The molecule has 0 radical (unpaired) electrons. The number of pyridine rings is 1. The number of ether oxygens (including phenoxy) is 1. The average molecular weight is 277 g/mol. The van der Waals surface area contributed by atoms with Crippen molar-refractivity contribution >= 4 is 17.7 Å². The Morgan fingerprint density at radius 3 is 2.84 bits per heavy atom. The molecule has 0 saturated carbocycles. The largest absolute Gasteiger partial charge is 0.462 e. The van der Waals surface area contributed by atoms with Crippen molar-refractivity contribution in [1.82, 2.24) is 15.0 Å². The zero-order valence-electron chi connectivity index (χ0n) is 10.1. The van der Waals surface area contributed by atoms with Gasteiger partial charge in [0.15, 0.2) is 5.16 Å². The van der Waals surface area contributed by atoms with E-state index in [1.807, 2.05) is 0 Å². The summed E-state index contributed by atoms with van der Waals surface area (Å²) in [5.74, 6) is -0.405. The third-order valence-electron chi connectivity index (χ3n) is 2.10. The highest BCUT2D eigenvalue weighted by molar-refractivity contribution is 7.99. The SMILES string of the molecule is CCOC(=O)c1ccc(Sc2nccc(=O)[nH]2)nc1. The number of carbonyl (C=O) groups excluding carboxylic acids is 1. The predicted octanol–water partition coefficient (Wildman–Crippen LogP) is 1.49. The molecule has 0 aliphatic carbocycles. The van der Waals surface area contributed by atoms with E-state index >= 15 is 0 Å². The van der Waals surface area contributed by atoms with E-state index in [1.54, 1.807) is 19.1 Å². The summed E-state index contributed by atoms with van der Waals surface area (Å²) in [5.41, 5.74) is 0.168. The van der Waals surface area contributed by atoms with Crippen molar-refractivity contribution in [3.05, 3.63) is 46.5 Å². The zero-order chi connectivity index (χ0) is 13.7. The smallest absolute Gasteiger partial charge is 0.339 e. The minimum absolute atomic E-state index is 0.222. The van der Waals surface area contributed by atoms with Gasteiger partial charge >= 0.3 is 5.97 Å². The fourth-order valence-corrected chi connectivity index (χ4v) is 1.98. The van der Waals surface area contributed by atoms with Crippen molar-refractivity contribution in [3.63, 3.8) is 0 Å². The number of esters is 1. The van der Waals surface area contributed by atoms with Crippen LogP contribution in [0.4, 0.5) is 0 Å². The van der Waals surface area contributed by atoms with Crippen LogP contribution in [-0.4, -0.2) is 27.5 Å². The van der Waals surface area contributed by atoms with Crippen molar-refractivity contribution in [1.29, 1.82) is 0 Å². The van der Waals surface area contributed by atoms with E-state index in [4.69, 9.17) is 4.74 Å². The molecule has 0 aromatic carbocycles. The Balaban J connectivity index is 2.11. The molecule has 0 bridgehead atoms. The fourth-order valence-electron chi connectivity index (χ4n) is 1.28. The van der Waals surface area contributed by atoms with Crippen molar-refractivity contribution in [2.24, 2.45) is 0 Å². The van der Waals surface area contributed by atoms with Gasteiger partial charge in [-0.15, -0.1) is 0 Å². The highest BCUT2D eigenvalue weighted by Gasteiger charge is 2.07. The number of aromatic amines is 1. The Kier molecular flexibility index (Phi) is 4.30. The zero-order valence-corrected chi connectivity index (χ0v) is 10.9. The van der Waals surface area contributed by atoms with Crippen molar-refractivity contribution in [2.45, 2.75) is 17.1 Å². The van der Waals surface area contributed by atoms with Crippen LogP contribution < -0.4 is 5.56 Å². The lowest BCUT2D eigenvalue weighted by Gasteiger charge is -2.02. The van der Waals surface area contributed by atoms with Gasteiger partial charge in [0.25, 0.3) is 5.56 Å². The molecule has 0 unspecified atom stereocenters. The second-order valence-electron chi connectivity index (χ2n) is 3.45. The summed E-state index contributed by atoms with van der Waals surface area (Å²) in [4.78, 5) is 33.2. The quantitative estimate of drug-likeness (QED) is 0.673. The van der Waals surface area contributed by atoms with Crippen molar-refractivity contribution < 1.29 is 9.53 Å². The Morgan fingerprint density at radius 1 is 1.37 bits per heavy atom. The van der Waals surface area contributed by atoms with Gasteiger partial charge in [0.2, 0.25) is 0 Å². The molecule has 2 heterocycles. The van der Waals surface area contributed by atoms with Gasteiger partial charge in [0.1, 0.15) is 5.03 Å². The number of H-pyrrole nitrogens is 1. The summed E-state index contributed by atoms with van der Waals surface area (Å²) < 4.78 is 4.86. The maximum absolute atomic E-state index is 11.4. The van der Waals surface area contributed by atoms with E-state index in [9.17, 15) is 9.59 Å². The molecule has 6 nitrogen and oxygen atoms in total. The maximum Gasteiger partial charge on any atom is 0.339 e. The van der Waals surface area contributed by atoms with E-state index in [-0.39, 0.29) is 5.56 Å². The van der Waals surface area contributed by atoms with E-state index in [0.29, 0.717) is 22.4 Å². The Morgan fingerprint density at radius 2 is 2.21 bits per heavy atom. The summed E-state index contributed by atoms with van der Waals surface area (Å²) in [7, 11) is 0. The molecule has 0 atom stereocenters. The van der Waals surface area contributed by atoms with Crippen LogP contribution in [0.1, 0.15) is 17.3 Å². The molecule has 0 aliphatic heterocycles. The highest BCUT2D eigenvalue weighted by atomic mass is 32.2. The summed E-state index contributed by atoms with van der Waals surface area (Å²) in [6.45, 7) is 2.07. The molecule has 2 aromatic heterocycles. The van der Waals surface area contributed by atoms with Gasteiger partial charge in [0.05, 0.1) is 12.2 Å². The van der Waals surface area contributed by atoms with Gasteiger partial charge in [-0.3, -0.25) is 4.79 Å². The minimum Gasteiger partial charge on any atom is -0.462 e. The molecule has 2 aromatic rings. The average Bonchev–Trinajstić information content (AvgIpc) is 2.40. The predicted molar refractivity (Wildman–Crippen MR) is 69.2 cm³/mol. The molecule has 1 N–H and O–H groups in total. The molecular weight excluding hydrogens is 266 g/mol. The van der Waals surface area contributed by atoms with Crippen molar-refractivity contribution in [3.8, 4) is 0 Å². The number of hydrogen-bond acceptors (Lipinski definition) is 6. The van der Waals surface area contributed by atoms with Crippen LogP contribution in [-0.2, 0) is 4.74 Å². The Bertz CT molecular complexity index is 625. The van der Waals surface area contributed by atoms with Gasteiger partial charge < -0.3 is 9.72 Å². The number of aromatic nitrogens is 3. The van der Waals surface area contributed by atoms with Gasteiger partial charge in [-0.2, -0.15) is 0 Å². The lowest BCUT2D eigenvalue weighted by atomic mass is 10.3. The Labute approximate surface area is 113 Å². The van der Waals surface area contributed by atoms with Gasteiger partial charge in [-0.25, -0.2) is 14.8 Å². The molecular formula is C12H11N3O3S. The number of hydrogen-bond donors (Lipinski definition) is 1. The molecule has 0 amide bonds. The van der Waals surface area contributed by atoms with Crippen LogP contribution in [0, 0.1) is 0 Å². The second kappa shape index (κ2) is 6.14. The first-order valence-electron chi connectivity index (χ1n) is 5.55. The van der Waals surface area contributed by atoms with E-state index < -0.39 is 5.97 Å². The van der Waals surface area contributed by atoms with Crippen LogP contribution in [0.15, 0.2) is 45.6 Å². The molecule has 2 rings (SSSR count). The van der Waals surface area contributed by atoms with Crippen LogP contribution >= 0.6 is 11.8 Å². The second-order valence-corrected chi connectivity index (χ2v) is 4.46. The van der Waals surface area contributed by atoms with Gasteiger partial charge in [0, 0.05) is 18.5 Å². The fraction of sp³-hybridized carbons (Fsp3) is 0.167. The number of carbonyl (C=O) groups is 1.